The Morgan fingerprint density at radius 3 is 2.55 bits per heavy atom. The van der Waals surface area contributed by atoms with Crippen LogP contribution in [-0.2, 0) is 6.54 Å². The Morgan fingerprint density at radius 2 is 1.86 bits per heavy atom. The van der Waals surface area contributed by atoms with E-state index in [1.165, 1.54) is 18.4 Å². The highest BCUT2D eigenvalue weighted by Crippen LogP contribution is 2.21. The monoisotopic (exact) mass is 306 g/mol. The Bertz CT molecular complexity index is 482. The van der Waals surface area contributed by atoms with Crippen LogP contribution < -0.4 is 5.32 Å². The van der Waals surface area contributed by atoms with Crippen molar-refractivity contribution in [1.82, 2.24) is 10.2 Å². The number of likely N-dealkylation sites (tertiary alicyclic amines) is 1. The number of nitrogens with one attached hydrogen (secondary N) is 1. The lowest BCUT2D eigenvalue weighted by Gasteiger charge is -2.31. The predicted octanol–water partition coefficient (Wildman–Crippen LogP) is 2.19. The van der Waals surface area contributed by atoms with Crippen molar-refractivity contribution in [2.45, 2.75) is 46.3 Å². The second-order valence-corrected chi connectivity index (χ2v) is 6.83. The van der Waals surface area contributed by atoms with Crippen LogP contribution in [0.4, 0.5) is 0 Å². The first kappa shape index (κ1) is 17.3. The third-order valence-electron chi connectivity index (χ3n) is 4.74. The average Bonchev–Trinajstić information content (AvgIpc) is 2.47. The molecular weight excluding hydrogens is 276 g/mol. The summed E-state index contributed by atoms with van der Waals surface area (Å²) in [5.74, 6) is 1.15. The van der Waals surface area contributed by atoms with Crippen LogP contribution in [0.25, 0.3) is 0 Å². The number of rotatable bonds is 6. The lowest BCUT2D eigenvalue weighted by Crippen LogP contribution is -2.41. The molecule has 0 aliphatic carbocycles. The summed E-state index contributed by atoms with van der Waals surface area (Å²) in [6, 6.07) is 3.81. The summed E-state index contributed by atoms with van der Waals surface area (Å²) >= 11 is 0. The van der Waals surface area contributed by atoms with Crippen molar-refractivity contribution in [3.05, 3.63) is 28.8 Å². The molecule has 124 valence electrons. The summed E-state index contributed by atoms with van der Waals surface area (Å²) in [7, 11) is 0. The second kappa shape index (κ2) is 7.95. The lowest BCUT2D eigenvalue weighted by atomic mass is 9.99. The van der Waals surface area contributed by atoms with Crippen molar-refractivity contribution < 1.29 is 10.2 Å². The molecule has 0 bridgehead atoms. The van der Waals surface area contributed by atoms with Crippen molar-refractivity contribution in [1.29, 1.82) is 0 Å². The number of nitrogens with zero attached hydrogens (tertiary/aromatic N) is 1. The molecule has 22 heavy (non-hydrogen) atoms. The molecule has 0 radical (unpaired) electrons. The predicted molar refractivity (Wildman–Crippen MR) is 90.1 cm³/mol. The summed E-state index contributed by atoms with van der Waals surface area (Å²) in [6.45, 7) is 10.4. The number of phenols is 1. The van der Waals surface area contributed by atoms with Gasteiger partial charge in [-0.05, 0) is 62.9 Å². The van der Waals surface area contributed by atoms with Gasteiger partial charge in [0.1, 0.15) is 5.75 Å². The molecule has 1 saturated heterocycles. The van der Waals surface area contributed by atoms with Gasteiger partial charge in [-0.3, -0.25) is 0 Å². The van der Waals surface area contributed by atoms with Crippen LogP contribution in [0.15, 0.2) is 12.1 Å². The van der Waals surface area contributed by atoms with E-state index in [-0.39, 0.29) is 6.10 Å². The fourth-order valence-corrected chi connectivity index (χ4v) is 2.98. The van der Waals surface area contributed by atoms with Crippen molar-refractivity contribution >= 4 is 0 Å². The van der Waals surface area contributed by atoms with Gasteiger partial charge in [-0.1, -0.05) is 13.0 Å². The number of phenolic OH excluding ortho intramolecular Hbond substituents is 1. The number of hydrogen-bond donors (Lipinski definition) is 3. The van der Waals surface area contributed by atoms with Gasteiger partial charge in [0, 0.05) is 25.2 Å². The average molecular weight is 306 g/mol. The van der Waals surface area contributed by atoms with Crippen LogP contribution in [0.5, 0.6) is 5.75 Å². The Kier molecular flexibility index (Phi) is 6.24. The molecule has 1 aromatic rings. The molecular formula is C18H30N2O2. The van der Waals surface area contributed by atoms with Crippen LogP contribution in [0.2, 0.25) is 0 Å². The van der Waals surface area contributed by atoms with Crippen LogP contribution in [-0.4, -0.2) is 47.4 Å². The minimum Gasteiger partial charge on any atom is -0.508 e. The quantitative estimate of drug-likeness (QED) is 0.754. The van der Waals surface area contributed by atoms with Gasteiger partial charge in [-0.25, -0.2) is 0 Å². The first-order valence-electron chi connectivity index (χ1n) is 8.36. The van der Waals surface area contributed by atoms with E-state index in [4.69, 9.17) is 0 Å². The Balaban J connectivity index is 1.73. The van der Waals surface area contributed by atoms with Gasteiger partial charge in [0.15, 0.2) is 0 Å². The number of piperidine rings is 1. The maximum Gasteiger partial charge on any atom is 0.120 e. The maximum absolute atomic E-state index is 10.1. The van der Waals surface area contributed by atoms with E-state index >= 15 is 0 Å². The molecule has 1 aliphatic heterocycles. The molecule has 0 aromatic heterocycles. The number of aromatic hydroxyl groups is 1. The van der Waals surface area contributed by atoms with Crippen molar-refractivity contribution in [2.75, 3.05) is 26.2 Å². The largest absolute Gasteiger partial charge is 0.508 e. The number of aliphatic hydroxyl groups is 1. The number of benzene rings is 1. The Hall–Kier alpha value is -1.10. The van der Waals surface area contributed by atoms with Gasteiger partial charge in [-0.15, -0.1) is 0 Å². The Morgan fingerprint density at radius 1 is 1.23 bits per heavy atom. The van der Waals surface area contributed by atoms with E-state index in [1.54, 1.807) is 6.07 Å². The zero-order chi connectivity index (χ0) is 16.1. The molecule has 3 N–H and O–H groups in total. The summed E-state index contributed by atoms with van der Waals surface area (Å²) in [5, 5.41) is 23.4. The summed E-state index contributed by atoms with van der Waals surface area (Å²) in [5.41, 5.74) is 3.17. The van der Waals surface area contributed by atoms with Gasteiger partial charge in [0.2, 0.25) is 0 Å². The molecule has 0 saturated carbocycles. The third-order valence-corrected chi connectivity index (χ3v) is 4.74. The molecule has 0 spiro atoms. The van der Waals surface area contributed by atoms with Gasteiger partial charge in [0.05, 0.1) is 6.10 Å². The van der Waals surface area contributed by atoms with E-state index in [0.29, 0.717) is 18.8 Å². The maximum atomic E-state index is 10.1. The van der Waals surface area contributed by atoms with Crippen LogP contribution in [0, 0.1) is 19.8 Å². The minimum absolute atomic E-state index is 0.329. The van der Waals surface area contributed by atoms with E-state index in [9.17, 15) is 10.2 Å². The molecule has 4 nitrogen and oxygen atoms in total. The fourth-order valence-electron chi connectivity index (χ4n) is 2.98. The number of aliphatic hydroxyl groups excluding tert-OH is 1. The standard InChI is InChI=1S/C18H30N2O2/c1-13-4-6-20(7-5-13)12-17(21)11-19-10-16-8-14(2)15(3)9-18(16)22/h8-9,13,17,19,21-22H,4-7,10-12H2,1-3H3. The third kappa shape index (κ3) is 4.97. The molecule has 2 rings (SSSR count). The molecule has 1 atom stereocenters. The van der Waals surface area contributed by atoms with Crippen molar-refractivity contribution in [3.8, 4) is 5.75 Å². The number of β-amino-alcohol motifs (C(OH)–C–C–N with tert-alkyl or cyclic N) is 1. The zero-order valence-electron chi connectivity index (χ0n) is 14.1. The first-order valence-corrected chi connectivity index (χ1v) is 8.36. The summed E-state index contributed by atoms with van der Waals surface area (Å²) in [4.78, 5) is 2.35. The molecule has 0 amide bonds. The van der Waals surface area contributed by atoms with E-state index in [2.05, 4.69) is 17.1 Å². The van der Waals surface area contributed by atoms with E-state index in [0.717, 1.165) is 36.7 Å². The number of hydrogen-bond acceptors (Lipinski definition) is 4. The Labute approximate surface area is 134 Å². The molecule has 4 heteroatoms. The van der Waals surface area contributed by atoms with E-state index < -0.39 is 0 Å². The summed E-state index contributed by atoms with van der Waals surface area (Å²) < 4.78 is 0. The second-order valence-electron chi connectivity index (χ2n) is 6.83. The van der Waals surface area contributed by atoms with E-state index in [1.807, 2.05) is 19.9 Å². The van der Waals surface area contributed by atoms with Gasteiger partial charge >= 0.3 is 0 Å². The normalized spacial score (nSPS) is 18.5. The fraction of sp³-hybridized carbons (Fsp3) is 0.667. The highest BCUT2D eigenvalue weighted by Gasteiger charge is 2.18. The molecule has 1 aliphatic rings. The topological polar surface area (TPSA) is 55.7 Å². The van der Waals surface area contributed by atoms with Crippen LogP contribution in [0.3, 0.4) is 0 Å². The summed E-state index contributed by atoms with van der Waals surface area (Å²) in [6.07, 6.45) is 2.11. The SMILES string of the molecule is Cc1cc(O)c(CNCC(O)CN2CCC(C)CC2)cc1C. The van der Waals surface area contributed by atoms with Crippen LogP contribution >= 0.6 is 0 Å². The van der Waals surface area contributed by atoms with Gasteiger partial charge in [0.25, 0.3) is 0 Å². The minimum atomic E-state index is -0.359. The molecule has 1 heterocycles. The smallest absolute Gasteiger partial charge is 0.120 e. The number of aryl methyl sites for hydroxylation is 2. The molecule has 1 aromatic carbocycles. The molecule has 1 unspecified atom stereocenters. The lowest BCUT2D eigenvalue weighted by molar-refractivity contribution is 0.0906. The highest BCUT2D eigenvalue weighted by atomic mass is 16.3. The van der Waals surface area contributed by atoms with Crippen molar-refractivity contribution in [3.63, 3.8) is 0 Å². The van der Waals surface area contributed by atoms with Gasteiger partial charge < -0.3 is 20.4 Å². The molecule has 1 fully saturated rings. The van der Waals surface area contributed by atoms with Crippen molar-refractivity contribution in [2.24, 2.45) is 5.92 Å². The first-order chi connectivity index (χ1) is 10.5. The van der Waals surface area contributed by atoms with Crippen LogP contribution in [0.1, 0.15) is 36.5 Å². The van der Waals surface area contributed by atoms with Gasteiger partial charge in [-0.2, -0.15) is 0 Å². The highest BCUT2D eigenvalue weighted by molar-refractivity contribution is 5.40. The zero-order valence-corrected chi connectivity index (χ0v) is 14.1.